The second-order valence-electron chi connectivity index (χ2n) is 8.47. The summed E-state index contributed by atoms with van der Waals surface area (Å²) < 4.78 is 8.21. The third-order valence-electron chi connectivity index (χ3n) is 5.54. The van der Waals surface area contributed by atoms with Crippen molar-refractivity contribution in [2.24, 2.45) is 0 Å². The number of likely N-dealkylation sites (tertiary alicyclic amines) is 1. The molecule has 2 aromatic heterocycles. The van der Waals surface area contributed by atoms with Gasteiger partial charge in [-0.05, 0) is 49.5 Å². The molecule has 1 fully saturated rings. The minimum atomic E-state index is -1.08. The highest BCUT2D eigenvalue weighted by Crippen LogP contribution is 2.29. The van der Waals surface area contributed by atoms with Gasteiger partial charge in [0.15, 0.2) is 0 Å². The first-order valence-corrected chi connectivity index (χ1v) is 12.6. The number of halogens is 1. The Balaban J connectivity index is 0.000000349. The van der Waals surface area contributed by atoms with Crippen LogP contribution in [0.3, 0.4) is 0 Å². The molecular formula is C26H24ClN3O6S. The topological polar surface area (TPSA) is 122 Å². The van der Waals surface area contributed by atoms with Crippen molar-refractivity contribution in [3.05, 3.63) is 76.2 Å². The fraction of sp³-hybridized carbons (Fsp3) is 0.231. The average molecular weight is 542 g/mol. The number of rotatable bonds is 7. The van der Waals surface area contributed by atoms with Crippen LogP contribution in [0.25, 0.3) is 26.5 Å². The molecule has 0 aliphatic carbocycles. The molecule has 0 amide bonds. The minimum Gasteiger partial charge on any atom is -0.488 e. The summed E-state index contributed by atoms with van der Waals surface area (Å²) in [5.74, 6) is -1.33. The number of fused-ring (bicyclic) bond motifs is 1. The van der Waals surface area contributed by atoms with E-state index >= 15 is 0 Å². The maximum Gasteiger partial charge on any atom is 0.303 e. The van der Waals surface area contributed by atoms with Gasteiger partial charge in [0.25, 0.3) is 5.56 Å². The monoisotopic (exact) mass is 541 g/mol. The van der Waals surface area contributed by atoms with E-state index in [-0.39, 0.29) is 24.5 Å². The van der Waals surface area contributed by atoms with Crippen molar-refractivity contribution in [1.29, 1.82) is 0 Å². The number of carboxylic acid groups (broad SMARTS) is 2. The first kappa shape index (κ1) is 26.3. The van der Waals surface area contributed by atoms with Crippen molar-refractivity contribution in [3.63, 3.8) is 0 Å². The quantitative estimate of drug-likeness (QED) is 0.353. The SMILES string of the molecule is CN1CC(Oc2ccc(-n3ccc4nc(-c5ccc(Cl)cc5)sc4c3=O)cc2)C1.O=C(O)CCC(=O)O. The highest BCUT2D eigenvalue weighted by atomic mass is 35.5. The number of benzene rings is 2. The van der Waals surface area contributed by atoms with E-state index in [1.165, 1.54) is 11.3 Å². The average Bonchev–Trinajstić information content (AvgIpc) is 3.29. The van der Waals surface area contributed by atoms with Gasteiger partial charge in [-0.3, -0.25) is 23.9 Å². The molecule has 4 aromatic rings. The van der Waals surface area contributed by atoms with Gasteiger partial charge in [0.2, 0.25) is 0 Å². The van der Waals surface area contributed by atoms with Crippen LogP contribution in [-0.4, -0.2) is 62.8 Å². The van der Waals surface area contributed by atoms with Gasteiger partial charge in [-0.15, -0.1) is 11.3 Å². The smallest absolute Gasteiger partial charge is 0.303 e. The summed E-state index contributed by atoms with van der Waals surface area (Å²) in [4.78, 5) is 39.2. The maximum atomic E-state index is 13.1. The molecule has 0 bridgehead atoms. The van der Waals surface area contributed by atoms with Crippen molar-refractivity contribution in [1.82, 2.24) is 14.5 Å². The Morgan fingerprint density at radius 1 is 1.03 bits per heavy atom. The van der Waals surface area contributed by atoms with Crippen molar-refractivity contribution < 1.29 is 24.5 Å². The molecule has 1 aliphatic rings. The van der Waals surface area contributed by atoms with Crippen molar-refractivity contribution in [3.8, 4) is 22.0 Å². The van der Waals surface area contributed by atoms with E-state index in [1.54, 1.807) is 10.8 Å². The number of nitrogens with zero attached hydrogens (tertiary/aromatic N) is 3. The highest BCUT2D eigenvalue weighted by Gasteiger charge is 2.24. The van der Waals surface area contributed by atoms with E-state index in [2.05, 4.69) is 16.9 Å². The first-order valence-electron chi connectivity index (χ1n) is 11.4. The number of carboxylic acids is 2. The van der Waals surface area contributed by atoms with Gasteiger partial charge in [0.1, 0.15) is 21.6 Å². The molecule has 0 unspecified atom stereocenters. The third-order valence-corrected chi connectivity index (χ3v) is 6.90. The van der Waals surface area contributed by atoms with Crippen LogP contribution in [0.5, 0.6) is 5.75 Å². The molecule has 1 saturated heterocycles. The van der Waals surface area contributed by atoms with Crippen LogP contribution < -0.4 is 10.3 Å². The van der Waals surface area contributed by atoms with E-state index < -0.39 is 11.9 Å². The van der Waals surface area contributed by atoms with Crippen LogP contribution in [0.1, 0.15) is 12.8 Å². The Bertz CT molecular complexity index is 1450. The van der Waals surface area contributed by atoms with Crippen molar-refractivity contribution in [2.45, 2.75) is 18.9 Å². The molecule has 0 atom stereocenters. The number of ether oxygens (including phenoxy) is 1. The highest BCUT2D eigenvalue weighted by molar-refractivity contribution is 7.21. The molecule has 1 aliphatic heterocycles. The summed E-state index contributed by atoms with van der Waals surface area (Å²) in [7, 11) is 2.07. The van der Waals surface area contributed by atoms with Gasteiger partial charge in [-0.2, -0.15) is 0 Å². The maximum absolute atomic E-state index is 13.1. The van der Waals surface area contributed by atoms with E-state index in [9.17, 15) is 14.4 Å². The Morgan fingerprint density at radius 2 is 1.65 bits per heavy atom. The van der Waals surface area contributed by atoms with Crippen LogP contribution in [0.4, 0.5) is 0 Å². The zero-order valence-corrected chi connectivity index (χ0v) is 21.4. The fourth-order valence-corrected chi connectivity index (χ4v) is 4.77. The van der Waals surface area contributed by atoms with Crippen LogP contribution in [-0.2, 0) is 9.59 Å². The predicted molar refractivity (Wildman–Crippen MR) is 142 cm³/mol. The summed E-state index contributed by atoms with van der Waals surface area (Å²) in [5, 5.41) is 17.3. The van der Waals surface area contributed by atoms with Crippen LogP contribution in [0.15, 0.2) is 65.6 Å². The molecule has 11 heteroatoms. The van der Waals surface area contributed by atoms with Gasteiger partial charge in [-0.25, -0.2) is 4.98 Å². The summed E-state index contributed by atoms with van der Waals surface area (Å²) in [6, 6.07) is 17.0. The Hall–Kier alpha value is -3.73. The van der Waals surface area contributed by atoms with Gasteiger partial charge in [0, 0.05) is 35.6 Å². The summed E-state index contributed by atoms with van der Waals surface area (Å²) in [6.07, 6.45) is 1.42. The summed E-state index contributed by atoms with van der Waals surface area (Å²) >= 11 is 7.36. The van der Waals surface area contributed by atoms with E-state index in [0.717, 1.165) is 35.1 Å². The predicted octanol–water partition coefficient (Wildman–Crippen LogP) is 4.40. The molecule has 0 spiro atoms. The van der Waals surface area contributed by atoms with Gasteiger partial charge < -0.3 is 14.9 Å². The molecule has 3 heterocycles. The number of hydrogen-bond donors (Lipinski definition) is 2. The number of hydrogen-bond acceptors (Lipinski definition) is 7. The van der Waals surface area contributed by atoms with Crippen molar-refractivity contribution >= 4 is 45.1 Å². The standard InChI is InChI=1S/C22H18ClN3O2S.C4H6O4/c1-25-12-18(13-25)28-17-8-6-16(7-9-17)26-11-10-19-20(22(26)27)29-21(24-19)14-2-4-15(23)5-3-14;5-3(6)1-2-4(7)8/h2-11,18H,12-13H2,1H3;1-2H2,(H,5,6)(H,7,8). The van der Waals surface area contributed by atoms with E-state index in [1.807, 2.05) is 54.6 Å². The molecule has 0 saturated carbocycles. The van der Waals surface area contributed by atoms with Crippen molar-refractivity contribution in [2.75, 3.05) is 20.1 Å². The number of aliphatic carboxylic acids is 2. The number of likely N-dealkylation sites (N-methyl/N-ethyl adjacent to an activating group) is 1. The van der Waals surface area contributed by atoms with Gasteiger partial charge >= 0.3 is 11.9 Å². The van der Waals surface area contributed by atoms with Gasteiger partial charge in [-0.1, -0.05) is 23.7 Å². The zero-order valence-electron chi connectivity index (χ0n) is 19.8. The number of carbonyl (C=O) groups is 2. The van der Waals surface area contributed by atoms with Crippen LogP contribution >= 0.6 is 22.9 Å². The lowest BCUT2D eigenvalue weighted by atomic mass is 10.2. The lowest BCUT2D eigenvalue weighted by molar-refractivity contribution is -0.143. The molecule has 5 rings (SSSR count). The second-order valence-corrected chi connectivity index (χ2v) is 9.91. The number of pyridine rings is 1. The third kappa shape index (κ3) is 6.73. The lowest BCUT2D eigenvalue weighted by Gasteiger charge is -2.36. The lowest BCUT2D eigenvalue weighted by Crippen LogP contribution is -2.51. The van der Waals surface area contributed by atoms with E-state index in [0.29, 0.717) is 15.2 Å². The van der Waals surface area contributed by atoms with Crippen LogP contribution in [0.2, 0.25) is 5.02 Å². The molecule has 0 radical (unpaired) electrons. The second kappa shape index (κ2) is 11.5. The van der Waals surface area contributed by atoms with Gasteiger partial charge in [0.05, 0.1) is 18.4 Å². The summed E-state index contributed by atoms with van der Waals surface area (Å²) in [6.45, 7) is 1.89. The molecule has 2 N–H and O–H groups in total. The Morgan fingerprint density at radius 3 is 2.22 bits per heavy atom. The number of aromatic nitrogens is 2. The Kier molecular flexibility index (Phi) is 8.22. The molecular weight excluding hydrogens is 518 g/mol. The van der Waals surface area contributed by atoms with E-state index in [4.69, 9.17) is 26.6 Å². The minimum absolute atomic E-state index is 0.0745. The fourth-order valence-electron chi connectivity index (χ4n) is 3.65. The number of thiazole rings is 1. The largest absolute Gasteiger partial charge is 0.488 e. The Labute approximate surface area is 221 Å². The van der Waals surface area contributed by atoms with Crippen LogP contribution in [0, 0.1) is 0 Å². The zero-order chi connectivity index (χ0) is 26.5. The molecule has 9 nitrogen and oxygen atoms in total. The molecule has 2 aromatic carbocycles. The molecule has 192 valence electrons. The molecule has 37 heavy (non-hydrogen) atoms. The normalized spacial score (nSPS) is 13.5. The summed E-state index contributed by atoms with van der Waals surface area (Å²) in [5.41, 5.74) is 2.38. The first-order chi connectivity index (χ1) is 17.7.